The molecule has 0 atom stereocenters. The van der Waals surface area contributed by atoms with Crippen LogP contribution in [0, 0.1) is 0 Å². The summed E-state index contributed by atoms with van der Waals surface area (Å²) in [4.78, 5) is 14.8. The normalized spacial score (nSPS) is 14.6. The van der Waals surface area contributed by atoms with E-state index in [0.29, 0.717) is 39.7 Å². The summed E-state index contributed by atoms with van der Waals surface area (Å²) in [5.41, 5.74) is 4.36. The summed E-state index contributed by atoms with van der Waals surface area (Å²) in [6, 6.07) is 30.7. The maximum absolute atomic E-state index is 9.73. The monoisotopic (exact) mass is 728 g/mol. The summed E-state index contributed by atoms with van der Waals surface area (Å²) >= 11 is 0. The molecule has 0 aliphatic rings. The molecule has 0 amide bonds. The average molecular weight is 729 g/mol. The Morgan fingerprint density at radius 3 is 1.79 bits per heavy atom. The van der Waals surface area contributed by atoms with E-state index in [2.05, 4.69) is 0 Å². The van der Waals surface area contributed by atoms with Gasteiger partial charge < -0.3 is 8.98 Å². The van der Waals surface area contributed by atoms with E-state index in [0.717, 1.165) is 37.6 Å². The Balaban J connectivity index is 1.08. The number of furan rings is 1. The highest BCUT2D eigenvalue weighted by atomic mass is 16.3. The van der Waals surface area contributed by atoms with Crippen LogP contribution in [-0.4, -0.2) is 19.5 Å². The molecule has 0 radical (unpaired) electrons. The van der Waals surface area contributed by atoms with Gasteiger partial charge in [-0.05, 0) is 76.8 Å². The molecule has 5 nitrogen and oxygen atoms in total. The van der Waals surface area contributed by atoms with Gasteiger partial charge in [0.15, 0.2) is 17.5 Å². The lowest BCUT2D eigenvalue weighted by Gasteiger charge is -2.11. The van der Waals surface area contributed by atoms with Gasteiger partial charge in [0.05, 0.1) is 27.5 Å². The van der Waals surface area contributed by atoms with Crippen LogP contribution in [-0.2, 0) is 0 Å². The molecular weight excluding hydrogens is 685 g/mol. The lowest BCUT2D eigenvalue weighted by molar-refractivity contribution is 0.669. The van der Waals surface area contributed by atoms with Crippen molar-refractivity contribution < 1.29 is 20.9 Å². The van der Waals surface area contributed by atoms with Gasteiger partial charge in [-0.1, -0.05) is 139 Å². The number of benzene rings is 8. The van der Waals surface area contributed by atoms with E-state index in [4.69, 9.17) is 31.7 Å². The van der Waals surface area contributed by atoms with E-state index in [1.165, 1.54) is 0 Å². The molecule has 11 rings (SSSR count). The molecule has 0 spiro atoms. The fraction of sp³-hybridized carbons (Fsp3) is 0. The lowest BCUT2D eigenvalue weighted by Crippen LogP contribution is -2.00. The second kappa shape index (κ2) is 13.0. The number of rotatable bonds is 6. The summed E-state index contributed by atoms with van der Waals surface area (Å²) in [6.07, 6.45) is 0. The molecule has 3 heterocycles. The van der Waals surface area contributed by atoms with Gasteiger partial charge in [0.1, 0.15) is 11.2 Å². The fourth-order valence-electron chi connectivity index (χ4n) is 7.14. The fourth-order valence-corrected chi connectivity index (χ4v) is 7.14. The van der Waals surface area contributed by atoms with Gasteiger partial charge in [-0.3, -0.25) is 0 Å². The molecule has 8 aromatic carbocycles. The Labute approximate surface area is 339 Å². The minimum Gasteiger partial charge on any atom is -0.456 e. The SMILES string of the molecule is [2H]c1c([2H])c([2H])c(-n2c3c([2H])c([2H])c([2H])c([2H])c3c3c([2H])c([2H])c(-c4cccc(-c5cccc(-c6nc(-c7ccccc7)nc(-c7ccc8c(c7)oc7ccccc78)n6)c5)c4)c([2H])c32)c([2H])c1[2H]. The predicted octanol–water partition coefficient (Wildman–Crippen LogP) is 13.2. The summed E-state index contributed by atoms with van der Waals surface area (Å²) in [6.45, 7) is 0. The molecule has 0 aliphatic heterocycles. The number of fused-ring (bicyclic) bond motifs is 6. The Kier molecular flexibility index (Phi) is 5.10. The van der Waals surface area contributed by atoms with Crippen molar-refractivity contribution in [2.24, 2.45) is 0 Å². The molecule has 3 aromatic heterocycles. The first-order chi connectivity index (χ1) is 32.7. The smallest absolute Gasteiger partial charge is 0.164 e. The van der Waals surface area contributed by atoms with E-state index in [1.54, 1.807) is 18.2 Å². The molecule has 0 aliphatic carbocycles. The zero-order chi connectivity index (χ0) is 47.4. The van der Waals surface area contributed by atoms with Gasteiger partial charge in [0, 0.05) is 43.9 Å². The van der Waals surface area contributed by atoms with Crippen molar-refractivity contribution in [3.8, 4) is 62.1 Å². The van der Waals surface area contributed by atoms with Crippen molar-refractivity contribution in [2.75, 3.05) is 0 Å². The number of aromatic nitrogens is 4. The molecule has 0 saturated carbocycles. The Morgan fingerprint density at radius 2 is 0.982 bits per heavy atom. The highest BCUT2D eigenvalue weighted by molar-refractivity contribution is 6.10. The van der Waals surface area contributed by atoms with Crippen LogP contribution in [0.4, 0.5) is 0 Å². The van der Waals surface area contributed by atoms with Gasteiger partial charge >= 0.3 is 0 Å². The van der Waals surface area contributed by atoms with E-state index < -0.39 is 78.2 Å². The molecule has 11 aromatic rings. The van der Waals surface area contributed by atoms with Crippen LogP contribution in [0.3, 0.4) is 0 Å². The number of para-hydroxylation sites is 3. The molecule has 0 N–H and O–H groups in total. The second-order valence-electron chi connectivity index (χ2n) is 13.1. The maximum atomic E-state index is 9.73. The Hall–Kier alpha value is -7.63. The van der Waals surface area contributed by atoms with E-state index >= 15 is 0 Å². The zero-order valence-electron chi connectivity index (χ0n) is 41.2. The van der Waals surface area contributed by atoms with Crippen molar-refractivity contribution >= 4 is 43.7 Å². The average Bonchev–Trinajstić information content (AvgIpc) is 3.92. The summed E-state index contributed by atoms with van der Waals surface area (Å²) in [7, 11) is 0. The quantitative estimate of drug-likeness (QED) is 0.171. The molecular formula is C51H32N4O. The number of hydrogen-bond donors (Lipinski definition) is 0. The van der Waals surface area contributed by atoms with Crippen LogP contribution < -0.4 is 0 Å². The minimum absolute atomic E-state index is 0.0387. The third-order valence-corrected chi connectivity index (χ3v) is 9.78. The molecule has 262 valence electrons. The summed E-state index contributed by atoms with van der Waals surface area (Å²) < 4.78 is 113. The lowest BCUT2D eigenvalue weighted by atomic mass is 9.97. The first-order valence-electron chi connectivity index (χ1n) is 23.8. The highest BCUT2D eigenvalue weighted by Gasteiger charge is 2.16. The number of hydrogen-bond acceptors (Lipinski definition) is 4. The van der Waals surface area contributed by atoms with E-state index in [-0.39, 0.29) is 27.4 Å². The molecule has 56 heavy (non-hydrogen) atoms. The molecule has 0 fully saturated rings. The Morgan fingerprint density at radius 1 is 0.393 bits per heavy atom. The van der Waals surface area contributed by atoms with Crippen LogP contribution in [0.15, 0.2) is 198 Å². The van der Waals surface area contributed by atoms with Crippen LogP contribution in [0.25, 0.3) is 106 Å². The van der Waals surface area contributed by atoms with Crippen LogP contribution in [0.5, 0.6) is 0 Å². The van der Waals surface area contributed by atoms with Crippen molar-refractivity contribution in [3.63, 3.8) is 0 Å². The van der Waals surface area contributed by atoms with Crippen LogP contribution in [0.1, 0.15) is 16.4 Å². The topological polar surface area (TPSA) is 56.7 Å². The standard InChI is InChI=1S/C51H32N4O/c1-3-13-33(14-4-1)49-52-50(54-51(53-49)39-26-28-44-43-22-8-10-24-47(43)56-48(44)32-39)38-18-12-17-36(30-38)34-15-11-16-35(29-34)37-25-27-42-41-21-7-9-23-45(41)55(46(42)31-37)40-19-5-2-6-20-40/h1-32H/i2D,5D,6D,7D,9D,19D,20D,21D,23D,25D,27D,31D. The molecule has 0 bridgehead atoms. The first kappa shape index (κ1) is 21.9. The van der Waals surface area contributed by atoms with Crippen molar-refractivity contribution in [3.05, 3.63) is 194 Å². The van der Waals surface area contributed by atoms with Gasteiger partial charge in [-0.25, -0.2) is 15.0 Å². The van der Waals surface area contributed by atoms with Gasteiger partial charge in [0.2, 0.25) is 0 Å². The van der Waals surface area contributed by atoms with Gasteiger partial charge in [-0.2, -0.15) is 0 Å². The van der Waals surface area contributed by atoms with E-state index in [1.807, 2.05) is 103 Å². The second-order valence-corrected chi connectivity index (χ2v) is 13.1. The summed E-state index contributed by atoms with van der Waals surface area (Å²) in [5, 5.41) is 1.57. The van der Waals surface area contributed by atoms with Crippen molar-refractivity contribution in [1.82, 2.24) is 19.5 Å². The van der Waals surface area contributed by atoms with Crippen LogP contribution in [0.2, 0.25) is 0 Å². The largest absolute Gasteiger partial charge is 0.456 e. The Bertz CT molecular complexity index is 3940. The number of nitrogens with zero attached hydrogens (tertiary/aromatic N) is 4. The molecule has 0 unspecified atom stereocenters. The summed E-state index contributed by atoms with van der Waals surface area (Å²) in [5.74, 6) is 1.30. The maximum Gasteiger partial charge on any atom is 0.164 e. The highest BCUT2D eigenvalue weighted by Crippen LogP contribution is 2.37. The first-order valence-corrected chi connectivity index (χ1v) is 17.8. The van der Waals surface area contributed by atoms with Crippen molar-refractivity contribution in [1.29, 1.82) is 0 Å². The molecule has 0 saturated heterocycles. The van der Waals surface area contributed by atoms with Crippen LogP contribution >= 0.6 is 0 Å². The van der Waals surface area contributed by atoms with Crippen molar-refractivity contribution in [2.45, 2.75) is 0 Å². The molecule has 5 heteroatoms. The van der Waals surface area contributed by atoms with Gasteiger partial charge in [-0.15, -0.1) is 0 Å². The third-order valence-electron chi connectivity index (χ3n) is 9.78. The zero-order valence-corrected chi connectivity index (χ0v) is 29.2. The van der Waals surface area contributed by atoms with Gasteiger partial charge in [0.25, 0.3) is 0 Å². The predicted molar refractivity (Wildman–Crippen MR) is 229 cm³/mol. The van der Waals surface area contributed by atoms with E-state index in [9.17, 15) is 4.11 Å². The minimum atomic E-state index is -0.699. The third kappa shape index (κ3) is 5.45.